The Morgan fingerprint density at radius 3 is 2.67 bits per heavy atom. The van der Waals surface area contributed by atoms with Crippen molar-refractivity contribution in [2.24, 2.45) is 11.7 Å². The van der Waals surface area contributed by atoms with Gasteiger partial charge in [-0.3, -0.25) is 4.79 Å². The Labute approximate surface area is 107 Å². The zero-order chi connectivity index (χ0) is 13.1. The molecule has 1 aromatic heterocycles. The number of hydrogen-bond donors (Lipinski definition) is 2. The number of primary amides is 1. The first-order valence-corrected chi connectivity index (χ1v) is 6.32. The maximum atomic E-state index is 10.9. The van der Waals surface area contributed by atoms with Gasteiger partial charge in [0.25, 0.3) is 0 Å². The molecule has 1 aromatic rings. The molecule has 1 saturated heterocycles. The van der Waals surface area contributed by atoms with Crippen LogP contribution in [-0.4, -0.2) is 24.0 Å². The van der Waals surface area contributed by atoms with E-state index in [9.17, 15) is 4.79 Å². The molecule has 1 fully saturated rings. The Morgan fingerprint density at radius 2 is 2.11 bits per heavy atom. The number of rotatable bonds is 3. The molecule has 1 aliphatic heterocycles. The van der Waals surface area contributed by atoms with Crippen LogP contribution in [0, 0.1) is 12.8 Å². The van der Waals surface area contributed by atoms with Gasteiger partial charge in [-0.2, -0.15) is 0 Å². The SMILES string of the molecule is Cc1nc(N2CCC(CC(N)=O)CC2)ccc1N. The number of nitrogens with two attached hydrogens (primary N) is 2. The number of carbonyl (C=O) groups is 1. The Balaban J connectivity index is 1.96. The van der Waals surface area contributed by atoms with Gasteiger partial charge in [0.1, 0.15) is 5.82 Å². The van der Waals surface area contributed by atoms with Crippen LogP contribution in [0.1, 0.15) is 25.0 Å². The topological polar surface area (TPSA) is 85.2 Å². The second-order valence-corrected chi connectivity index (χ2v) is 4.94. The standard InChI is InChI=1S/C13H20N4O/c1-9-11(14)2-3-13(16-9)17-6-4-10(5-7-17)8-12(15)18/h2-3,10H,4-8,14H2,1H3,(H2,15,18). The van der Waals surface area contributed by atoms with Crippen LogP contribution in [0.25, 0.3) is 0 Å². The molecule has 2 heterocycles. The van der Waals surface area contributed by atoms with E-state index in [4.69, 9.17) is 11.5 Å². The van der Waals surface area contributed by atoms with E-state index < -0.39 is 0 Å². The molecule has 0 saturated carbocycles. The van der Waals surface area contributed by atoms with Crippen LogP contribution in [-0.2, 0) is 4.79 Å². The van der Waals surface area contributed by atoms with Gasteiger partial charge in [-0.1, -0.05) is 0 Å². The van der Waals surface area contributed by atoms with Crippen molar-refractivity contribution in [3.63, 3.8) is 0 Å². The summed E-state index contributed by atoms with van der Waals surface area (Å²) in [6, 6.07) is 3.85. The fourth-order valence-electron chi connectivity index (χ4n) is 2.39. The number of amides is 1. The molecule has 4 N–H and O–H groups in total. The van der Waals surface area contributed by atoms with Crippen LogP contribution in [0.2, 0.25) is 0 Å². The van der Waals surface area contributed by atoms with Crippen molar-refractivity contribution in [2.75, 3.05) is 23.7 Å². The van der Waals surface area contributed by atoms with Gasteiger partial charge >= 0.3 is 0 Å². The highest BCUT2D eigenvalue weighted by Crippen LogP contribution is 2.24. The molecule has 18 heavy (non-hydrogen) atoms. The summed E-state index contributed by atoms with van der Waals surface area (Å²) in [6.45, 7) is 3.77. The average Bonchev–Trinajstić information content (AvgIpc) is 2.33. The first-order valence-electron chi connectivity index (χ1n) is 6.32. The minimum absolute atomic E-state index is 0.199. The summed E-state index contributed by atoms with van der Waals surface area (Å²) in [5.41, 5.74) is 12.6. The molecule has 5 heteroatoms. The van der Waals surface area contributed by atoms with Crippen molar-refractivity contribution in [3.8, 4) is 0 Å². The third-order valence-corrected chi connectivity index (χ3v) is 3.54. The third kappa shape index (κ3) is 2.91. The highest BCUT2D eigenvalue weighted by atomic mass is 16.1. The van der Waals surface area contributed by atoms with Gasteiger partial charge < -0.3 is 16.4 Å². The Morgan fingerprint density at radius 1 is 1.44 bits per heavy atom. The predicted molar refractivity (Wildman–Crippen MR) is 72.1 cm³/mol. The lowest BCUT2D eigenvalue weighted by Gasteiger charge is -2.32. The first-order chi connectivity index (χ1) is 8.56. The number of aryl methyl sites for hydroxylation is 1. The van der Waals surface area contributed by atoms with Gasteiger partial charge in [-0.15, -0.1) is 0 Å². The molecular formula is C13H20N4O. The van der Waals surface area contributed by atoms with E-state index in [2.05, 4.69) is 9.88 Å². The van der Waals surface area contributed by atoms with Crippen LogP contribution in [0.3, 0.4) is 0 Å². The van der Waals surface area contributed by atoms with E-state index >= 15 is 0 Å². The fraction of sp³-hybridized carbons (Fsp3) is 0.538. The van der Waals surface area contributed by atoms with Crippen molar-refractivity contribution in [2.45, 2.75) is 26.2 Å². The molecule has 0 bridgehead atoms. The normalized spacial score (nSPS) is 16.8. The van der Waals surface area contributed by atoms with Crippen molar-refractivity contribution < 1.29 is 4.79 Å². The summed E-state index contributed by atoms with van der Waals surface area (Å²) in [6.07, 6.45) is 2.49. The van der Waals surface area contributed by atoms with Gasteiger partial charge in [0, 0.05) is 19.5 Å². The summed E-state index contributed by atoms with van der Waals surface area (Å²) in [5, 5.41) is 0. The van der Waals surface area contributed by atoms with E-state index in [0.717, 1.165) is 43.1 Å². The van der Waals surface area contributed by atoms with Gasteiger partial charge in [-0.05, 0) is 37.8 Å². The molecule has 5 nitrogen and oxygen atoms in total. The van der Waals surface area contributed by atoms with Crippen LogP contribution in [0.4, 0.5) is 11.5 Å². The smallest absolute Gasteiger partial charge is 0.217 e. The molecule has 0 aromatic carbocycles. The first kappa shape index (κ1) is 12.7. The summed E-state index contributed by atoms with van der Waals surface area (Å²) < 4.78 is 0. The molecule has 98 valence electrons. The van der Waals surface area contributed by atoms with Crippen LogP contribution >= 0.6 is 0 Å². The third-order valence-electron chi connectivity index (χ3n) is 3.54. The van der Waals surface area contributed by atoms with Crippen molar-refractivity contribution >= 4 is 17.4 Å². The summed E-state index contributed by atoms with van der Waals surface area (Å²) >= 11 is 0. The van der Waals surface area contributed by atoms with Crippen LogP contribution < -0.4 is 16.4 Å². The predicted octanol–water partition coefficient (Wildman–Crippen LogP) is 1.06. The lowest BCUT2D eigenvalue weighted by atomic mass is 9.93. The highest BCUT2D eigenvalue weighted by molar-refractivity contribution is 5.74. The van der Waals surface area contributed by atoms with Crippen molar-refractivity contribution in [1.29, 1.82) is 0 Å². The van der Waals surface area contributed by atoms with Crippen molar-refractivity contribution in [1.82, 2.24) is 4.98 Å². The maximum absolute atomic E-state index is 10.9. The van der Waals surface area contributed by atoms with E-state index in [0.29, 0.717) is 12.3 Å². The maximum Gasteiger partial charge on any atom is 0.217 e. The number of aromatic nitrogens is 1. The Kier molecular flexibility index (Phi) is 3.69. The summed E-state index contributed by atoms with van der Waals surface area (Å²) in [7, 11) is 0. The molecular weight excluding hydrogens is 228 g/mol. The number of nitrogens with zero attached hydrogens (tertiary/aromatic N) is 2. The van der Waals surface area contributed by atoms with E-state index in [-0.39, 0.29) is 5.91 Å². The lowest BCUT2D eigenvalue weighted by Crippen LogP contribution is -2.35. The lowest BCUT2D eigenvalue weighted by molar-refractivity contribution is -0.119. The second kappa shape index (κ2) is 5.25. The Bertz CT molecular complexity index is 439. The zero-order valence-corrected chi connectivity index (χ0v) is 10.7. The number of piperidine rings is 1. The molecule has 0 spiro atoms. The van der Waals surface area contributed by atoms with Crippen LogP contribution in [0.15, 0.2) is 12.1 Å². The largest absolute Gasteiger partial charge is 0.397 e. The van der Waals surface area contributed by atoms with Gasteiger partial charge in [0.05, 0.1) is 11.4 Å². The number of pyridine rings is 1. The van der Waals surface area contributed by atoms with Crippen LogP contribution in [0.5, 0.6) is 0 Å². The van der Waals surface area contributed by atoms with Crippen molar-refractivity contribution in [3.05, 3.63) is 17.8 Å². The quantitative estimate of drug-likeness (QED) is 0.837. The van der Waals surface area contributed by atoms with E-state index in [1.54, 1.807) is 0 Å². The summed E-state index contributed by atoms with van der Waals surface area (Å²) in [4.78, 5) is 17.6. The Hall–Kier alpha value is -1.78. The number of nitrogen functional groups attached to an aromatic ring is 1. The highest BCUT2D eigenvalue weighted by Gasteiger charge is 2.21. The molecule has 1 aliphatic rings. The molecule has 0 atom stereocenters. The zero-order valence-electron chi connectivity index (χ0n) is 10.7. The van der Waals surface area contributed by atoms with E-state index in [1.807, 2.05) is 19.1 Å². The molecule has 0 unspecified atom stereocenters. The van der Waals surface area contributed by atoms with Gasteiger partial charge in [0.15, 0.2) is 0 Å². The molecule has 0 radical (unpaired) electrons. The second-order valence-electron chi connectivity index (χ2n) is 4.94. The number of carbonyl (C=O) groups excluding carboxylic acids is 1. The van der Waals surface area contributed by atoms with Gasteiger partial charge in [-0.25, -0.2) is 4.98 Å². The summed E-state index contributed by atoms with van der Waals surface area (Å²) in [5.74, 6) is 1.20. The number of anilines is 2. The van der Waals surface area contributed by atoms with Gasteiger partial charge in [0.2, 0.25) is 5.91 Å². The minimum atomic E-state index is -0.199. The fourth-order valence-corrected chi connectivity index (χ4v) is 2.39. The molecule has 2 rings (SSSR count). The average molecular weight is 248 g/mol. The minimum Gasteiger partial charge on any atom is -0.397 e. The number of hydrogen-bond acceptors (Lipinski definition) is 4. The molecule has 0 aliphatic carbocycles. The molecule has 1 amide bonds. The van der Waals surface area contributed by atoms with E-state index in [1.165, 1.54) is 0 Å². The monoisotopic (exact) mass is 248 g/mol.